The van der Waals surface area contributed by atoms with Crippen molar-refractivity contribution in [3.05, 3.63) is 0 Å². The molecule has 0 spiro atoms. The third-order valence-corrected chi connectivity index (χ3v) is 6.25. The third-order valence-electron chi connectivity index (χ3n) is 3.24. The van der Waals surface area contributed by atoms with Gasteiger partial charge in [-0.15, -0.1) is 0 Å². The molecule has 5 heteroatoms. The summed E-state index contributed by atoms with van der Waals surface area (Å²) in [6.45, 7) is 13.9. The van der Waals surface area contributed by atoms with Gasteiger partial charge in [-0.25, -0.2) is 4.67 Å². The molecule has 1 atom stereocenters. The smallest absolute Gasteiger partial charge is 0.259 e. The standard InChI is InChI=1S/C17H38NO2PS/c1-15(2)18(16(3)4)21(20-17(5)6)19-13-11-9-8-10-12-14-22-7/h15-17H,8-14H2,1-7H3. The lowest BCUT2D eigenvalue weighted by molar-refractivity contribution is 0.146. The fraction of sp³-hybridized carbons (Fsp3) is 1.00. The first-order valence-corrected chi connectivity index (χ1v) is 11.3. The van der Waals surface area contributed by atoms with Crippen LogP contribution in [-0.4, -0.2) is 41.5 Å². The summed E-state index contributed by atoms with van der Waals surface area (Å²) in [5, 5.41) is 0. The van der Waals surface area contributed by atoms with Crippen LogP contribution in [0.5, 0.6) is 0 Å². The van der Waals surface area contributed by atoms with Crippen molar-refractivity contribution < 1.29 is 9.05 Å². The Balaban J connectivity index is 4.09. The minimum Gasteiger partial charge on any atom is -0.322 e. The van der Waals surface area contributed by atoms with E-state index in [4.69, 9.17) is 9.05 Å². The summed E-state index contributed by atoms with van der Waals surface area (Å²) in [6, 6.07) is 0.882. The van der Waals surface area contributed by atoms with Crippen molar-refractivity contribution in [2.24, 2.45) is 0 Å². The number of rotatable bonds is 14. The lowest BCUT2D eigenvalue weighted by Crippen LogP contribution is -2.34. The Bertz CT molecular complexity index is 245. The summed E-state index contributed by atoms with van der Waals surface area (Å²) in [5.74, 6) is 1.29. The maximum Gasteiger partial charge on any atom is 0.259 e. The first-order valence-electron chi connectivity index (χ1n) is 8.77. The maximum absolute atomic E-state index is 6.13. The highest BCUT2D eigenvalue weighted by Gasteiger charge is 2.27. The molecule has 0 rings (SSSR count). The van der Waals surface area contributed by atoms with Gasteiger partial charge in [-0.1, -0.05) is 19.3 Å². The fourth-order valence-electron chi connectivity index (χ4n) is 2.33. The molecule has 0 aromatic rings. The largest absolute Gasteiger partial charge is 0.322 e. The van der Waals surface area contributed by atoms with E-state index in [9.17, 15) is 0 Å². The van der Waals surface area contributed by atoms with Crippen LogP contribution in [0.3, 0.4) is 0 Å². The molecule has 0 saturated carbocycles. The molecule has 0 N–H and O–H groups in total. The highest BCUT2D eigenvalue weighted by Crippen LogP contribution is 2.47. The zero-order valence-electron chi connectivity index (χ0n) is 15.8. The van der Waals surface area contributed by atoms with E-state index in [1.165, 1.54) is 31.4 Å². The molecule has 0 fully saturated rings. The average molecular weight is 352 g/mol. The minimum atomic E-state index is -0.943. The Morgan fingerprint density at radius 1 is 0.864 bits per heavy atom. The predicted octanol–water partition coefficient (Wildman–Crippen LogP) is 6.09. The molecule has 0 saturated heterocycles. The summed E-state index contributed by atoms with van der Waals surface area (Å²) in [7, 11) is -0.943. The van der Waals surface area contributed by atoms with Crippen molar-refractivity contribution >= 4 is 20.3 Å². The molecule has 0 aliphatic carbocycles. The Morgan fingerprint density at radius 2 is 1.41 bits per heavy atom. The van der Waals surface area contributed by atoms with Crippen LogP contribution >= 0.6 is 20.3 Å². The van der Waals surface area contributed by atoms with Crippen LogP contribution in [0.1, 0.15) is 73.6 Å². The van der Waals surface area contributed by atoms with Gasteiger partial charge in [-0.3, -0.25) is 0 Å². The predicted molar refractivity (Wildman–Crippen MR) is 103 cm³/mol. The molecule has 0 aromatic heterocycles. The first kappa shape index (κ1) is 22.7. The van der Waals surface area contributed by atoms with Gasteiger partial charge < -0.3 is 9.05 Å². The van der Waals surface area contributed by atoms with Gasteiger partial charge in [0.05, 0.1) is 12.7 Å². The van der Waals surface area contributed by atoms with Crippen LogP contribution in [0, 0.1) is 0 Å². The van der Waals surface area contributed by atoms with Crippen molar-refractivity contribution in [2.45, 2.75) is 91.8 Å². The number of unbranched alkanes of at least 4 members (excludes halogenated alkanes) is 4. The van der Waals surface area contributed by atoms with Crippen LogP contribution in [0.25, 0.3) is 0 Å². The van der Waals surface area contributed by atoms with E-state index >= 15 is 0 Å². The van der Waals surface area contributed by atoms with Crippen molar-refractivity contribution in [1.82, 2.24) is 4.67 Å². The van der Waals surface area contributed by atoms with Gasteiger partial charge in [0.2, 0.25) is 0 Å². The Morgan fingerprint density at radius 3 is 1.91 bits per heavy atom. The second-order valence-corrected chi connectivity index (χ2v) is 8.95. The van der Waals surface area contributed by atoms with Crippen molar-refractivity contribution in [1.29, 1.82) is 0 Å². The number of hydrogen-bond acceptors (Lipinski definition) is 4. The van der Waals surface area contributed by atoms with Crippen molar-refractivity contribution in [3.63, 3.8) is 0 Å². The molecule has 0 aliphatic heterocycles. The van der Waals surface area contributed by atoms with Crippen LogP contribution in [0.2, 0.25) is 0 Å². The number of hydrogen-bond donors (Lipinski definition) is 0. The Kier molecular flexibility index (Phi) is 14.5. The van der Waals surface area contributed by atoms with Gasteiger partial charge in [-0.05, 0) is 66.4 Å². The zero-order valence-corrected chi connectivity index (χ0v) is 17.5. The Hall–Kier alpha value is 0.660. The number of thioether (sulfide) groups is 1. The van der Waals surface area contributed by atoms with E-state index in [1.54, 1.807) is 0 Å². The normalized spacial score (nSPS) is 13.8. The van der Waals surface area contributed by atoms with Crippen LogP contribution in [-0.2, 0) is 9.05 Å². The number of nitrogens with zero attached hydrogens (tertiary/aromatic N) is 1. The van der Waals surface area contributed by atoms with Gasteiger partial charge in [0.15, 0.2) is 0 Å². The third kappa shape index (κ3) is 11.2. The van der Waals surface area contributed by atoms with Crippen LogP contribution < -0.4 is 0 Å². The SMILES string of the molecule is CSCCCCCCCOP(OC(C)C)N(C(C)C)C(C)C. The maximum atomic E-state index is 6.13. The lowest BCUT2D eigenvalue weighted by Gasteiger charge is -2.36. The summed E-state index contributed by atoms with van der Waals surface area (Å²) < 4.78 is 14.6. The molecular weight excluding hydrogens is 313 g/mol. The highest BCUT2D eigenvalue weighted by molar-refractivity contribution is 7.98. The van der Waals surface area contributed by atoms with Gasteiger partial charge in [-0.2, -0.15) is 11.8 Å². The van der Waals surface area contributed by atoms with E-state index in [1.807, 2.05) is 11.8 Å². The van der Waals surface area contributed by atoms with E-state index in [0.717, 1.165) is 13.0 Å². The monoisotopic (exact) mass is 351 g/mol. The van der Waals surface area contributed by atoms with E-state index < -0.39 is 8.53 Å². The molecular formula is C17H38NO2PS. The van der Waals surface area contributed by atoms with Crippen LogP contribution in [0.15, 0.2) is 0 Å². The topological polar surface area (TPSA) is 21.7 Å². The van der Waals surface area contributed by atoms with Crippen molar-refractivity contribution in [2.75, 3.05) is 18.6 Å². The van der Waals surface area contributed by atoms with Crippen LogP contribution in [0.4, 0.5) is 0 Å². The molecule has 0 radical (unpaired) electrons. The fourth-order valence-corrected chi connectivity index (χ4v) is 4.52. The molecule has 3 nitrogen and oxygen atoms in total. The van der Waals surface area contributed by atoms with E-state index in [-0.39, 0.29) is 6.10 Å². The highest BCUT2D eigenvalue weighted by atomic mass is 32.2. The summed E-state index contributed by atoms with van der Waals surface area (Å²) in [4.78, 5) is 0. The van der Waals surface area contributed by atoms with Crippen molar-refractivity contribution in [3.8, 4) is 0 Å². The van der Waals surface area contributed by atoms with Gasteiger partial charge in [0.1, 0.15) is 0 Å². The minimum absolute atomic E-state index is 0.206. The molecule has 22 heavy (non-hydrogen) atoms. The van der Waals surface area contributed by atoms with E-state index in [0.29, 0.717) is 12.1 Å². The molecule has 1 unspecified atom stereocenters. The second-order valence-electron chi connectivity index (χ2n) is 6.55. The molecule has 0 amide bonds. The quantitative estimate of drug-likeness (QED) is 0.279. The molecule has 134 valence electrons. The summed E-state index contributed by atoms with van der Waals surface area (Å²) in [5.41, 5.74) is 0. The van der Waals surface area contributed by atoms with Gasteiger partial charge in [0, 0.05) is 12.1 Å². The summed E-state index contributed by atoms with van der Waals surface area (Å²) in [6.07, 6.45) is 8.82. The second kappa shape index (κ2) is 14.0. The van der Waals surface area contributed by atoms with Gasteiger partial charge >= 0.3 is 0 Å². The zero-order chi connectivity index (χ0) is 17.0. The molecule has 0 heterocycles. The lowest BCUT2D eigenvalue weighted by atomic mass is 10.2. The first-order chi connectivity index (χ1) is 10.4. The van der Waals surface area contributed by atoms with E-state index in [2.05, 4.69) is 52.5 Å². The van der Waals surface area contributed by atoms with Gasteiger partial charge in [0.25, 0.3) is 8.53 Å². The molecule has 0 aliphatic rings. The average Bonchev–Trinajstić information content (AvgIpc) is 2.40. The molecule has 0 aromatic carbocycles. The summed E-state index contributed by atoms with van der Waals surface area (Å²) >= 11 is 1.94. The molecule has 0 bridgehead atoms. The Labute approximate surface area is 144 Å².